The normalized spacial score (nSPS) is 23.7. The van der Waals surface area contributed by atoms with Crippen LogP contribution in [0.25, 0.3) is 5.70 Å². The molecule has 0 saturated carbocycles. The summed E-state index contributed by atoms with van der Waals surface area (Å²) >= 11 is 12.2. The zero-order valence-corrected chi connectivity index (χ0v) is 14.2. The molecule has 2 atom stereocenters. The fraction of sp³-hybridized carbons (Fsp3) is 0.375. The SMILES string of the molecule is CC1CN(/C(N)=C/C=C(\N)c2cccc(Cl)c2Cl)CC(C)O1. The van der Waals surface area contributed by atoms with Crippen LogP contribution in [0.15, 0.2) is 36.2 Å². The van der Waals surface area contributed by atoms with E-state index in [-0.39, 0.29) is 12.2 Å². The molecule has 2 unspecified atom stereocenters. The van der Waals surface area contributed by atoms with Crippen molar-refractivity contribution in [2.45, 2.75) is 26.1 Å². The second-order valence-corrected chi connectivity index (χ2v) is 6.26. The van der Waals surface area contributed by atoms with Gasteiger partial charge in [-0.05, 0) is 32.1 Å². The monoisotopic (exact) mass is 341 g/mol. The maximum atomic E-state index is 6.16. The molecule has 1 aromatic carbocycles. The Kier molecular flexibility index (Phi) is 5.62. The fourth-order valence-corrected chi connectivity index (χ4v) is 2.90. The first-order chi connectivity index (χ1) is 10.4. The minimum atomic E-state index is 0.152. The van der Waals surface area contributed by atoms with Gasteiger partial charge < -0.3 is 21.1 Å². The predicted molar refractivity (Wildman–Crippen MR) is 92.5 cm³/mol. The molecule has 6 heteroatoms. The lowest BCUT2D eigenvalue weighted by molar-refractivity contribution is -0.0581. The number of allylic oxidation sites excluding steroid dienone is 2. The molecule has 1 aliphatic rings. The van der Waals surface area contributed by atoms with Gasteiger partial charge in [0.1, 0.15) is 0 Å². The van der Waals surface area contributed by atoms with Crippen LogP contribution in [0.5, 0.6) is 0 Å². The van der Waals surface area contributed by atoms with Gasteiger partial charge in [-0.3, -0.25) is 0 Å². The third-order valence-electron chi connectivity index (χ3n) is 3.48. The van der Waals surface area contributed by atoms with Crippen LogP contribution in [0.3, 0.4) is 0 Å². The van der Waals surface area contributed by atoms with Gasteiger partial charge >= 0.3 is 0 Å². The van der Waals surface area contributed by atoms with Crippen molar-refractivity contribution in [3.63, 3.8) is 0 Å². The number of nitrogens with two attached hydrogens (primary N) is 2. The number of benzene rings is 1. The van der Waals surface area contributed by atoms with Crippen LogP contribution in [-0.4, -0.2) is 30.2 Å². The molecule has 4 nitrogen and oxygen atoms in total. The number of nitrogens with zero attached hydrogens (tertiary/aromatic N) is 1. The Morgan fingerprint density at radius 3 is 2.45 bits per heavy atom. The van der Waals surface area contributed by atoms with Crippen molar-refractivity contribution in [2.24, 2.45) is 11.5 Å². The predicted octanol–water partition coefficient (Wildman–Crippen LogP) is 3.20. The summed E-state index contributed by atoms with van der Waals surface area (Å²) in [6.07, 6.45) is 3.84. The number of hydrogen-bond donors (Lipinski definition) is 2. The quantitative estimate of drug-likeness (QED) is 0.828. The lowest BCUT2D eigenvalue weighted by Crippen LogP contribution is -2.46. The highest BCUT2D eigenvalue weighted by atomic mass is 35.5. The zero-order valence-electron chi connectivity index (χ0n) is 12.7. The van der Waals surface area contributed by atoms with E-state index in [0.717, 1.165) is 13.1 Å². The summed E-state index contributed by atoms with van der Waals surface area (Å²) in [5.41, 5.74) is 13.4. The lowest BCUT2D eigenvalue weighted by atomic mass is 10.1. The van der Waals surface area contributed by atoms with E-state index < -0.39 is 0 Å². The standard InChI is InChI=1S/C16H21Cl2N3O/c1-10-8-21(9-11(2)22-10)15(20)7-6-14(19)12-4-3-5-13(17)16(12)18/h3-7,10-11H,8-9,19-20H2,1-2H3/b14-6-,15-7+. The van der Waals surface area contributed by atoms with E-state index in [9.17, 15) is 0 Å². The second kappa shape index (κ2) is 7.27. The smallest absolute Gasteiger partial charge is 0.0988 e. The van der Waals surface area contributed by atoms with E-state index in [2.05, 4.69) is 4.90 Å². The van der Waals surface area contributed by atoms with E-state index in [1.165, 1.54) is 0 Å². The van der Waals surface area contributed by atoms with Gasteiger partial charge in [0, 0.05) is 24.4 Å². The highest BCUT2D eigenvalue weighted by molar-refractivity contribution is 6.43. The summed E-state index contributed by atoms with van der Waals surface area (Å²) in [4.78, 5) is 2.09. The summed E-state index contributed by atoms with van der Waals surface area (Å²) < 4.78 is 5.69. The molecule has 1 aliphatic heterocycles. The maximum Gasteiger partial charge on any atom is 0.0988 e. The van der Waals surface area contributed by atoms with Gasteiger partial charge in [0.25, 0.3) is 0 Å². The highest BCUT2D eigenvalue weighted by Crippen LogP contribution is 2.28. The van der Waals surface area contributed by atoms with E-state index in [0.29, 0.717) is 27.1 Å². The topological polar surface area (TPSA) is 64.5 Å². The molecule has 0 aromatic heterocycles. The number of halogens is 2. The number of ether oxygens (including phenoxy) is 1. The van der Waals surface area contributed by atoms with Crippen molar-refractivity contribution in [3.05, 3.63) is 51.8 Å². The first-order valence-corrected chi connectivity index (χ1v) is 7.91. The van der Waals surface area contributed by atoms with Crippen LogP contribution in [0, 0.1) is 0 Å². The minimum Gasteiger partial charge on any atom is -0.398 e. The largest absolute Gasteiger partial charge is 0.398 e. The molecule has 1 heterocycles. The summed E-state index contributed by atoms with van der Waals surface area (Å²) in [5, 5.41) is 0.918. The van der Waals surface area contributed by atoms with Crippen molar-refractivity contribution >= 4 is 28.9 Å². The maximum absolute atomic E-state index is 6.16. The summed E-state index contributed by atoms with van der Waals surface area (Å²) in [6.45, 7) is 5.59. The number of hydrogen-bond acceptors (Lipinski definition) is 4. The third kappa shape index (κ3) is 4.09. The van der Waals surface area contributed by atoms with Crippen molar-refractivity contribution in [1.82, 2.24) is 4.90 Å². The van der Waals surface area contributed by atoms with E-state index >= 15 is 0 Å². The van der Waals surface area contributed by atoms with E-state index in [4.69, 9.17) is 39.4 Å². The molecule has 0 aliphatic carbocycles. The Morgan fingerprint density at radius 2 is 1.82 bits per heavy atom. The second-order valence-electron chi connectivity index (χ2n) is 5.48. The van der Waals surface area contributed by atoms with E-state index in [1.807, 2.05) is 26.0 Å². The lowest BCUT2D eigenvalue weighted by Gasteiger charge is -2.36. The molecule has 0 radical (unpaired) electrons. The molecule has 1 aromatic rings. The van der Waals surface area contributed by atoms with Crippen LogP contribution < -0.4 is 11.5 Å². The molecule has 120 valence electrons. The van der Waals surface area contributed by atoms with Crippen molar-refractivity contribution in [1.29, 1.82) is 0 Å². The molecule has 0 spiro atoms. The summed E-state index contributed by atoms with van der Waals surface area (Å²) in [5.74, 6) is 0.656. The Labute approximate surface area is 141 Å². The van der Waals surface area contributed by atoms with Crippen molar-refractivity contribution in [2.75, 3.05) is 13.1 Å². The average molecular weight is 342 g/mol. The molecule has 2 rings (SSSR count). The fourth-order valence-electron chi connectivity index (χ4n) is 2.49. The van der Waals surface area contributed by atoms with Gasteiger partial charge in [0.05, 0.1) is 28.1 Å². The molecular formula is C16H21Cl2N3O. The van der Waals surface area contributed by atoms with Crippen LogP contribution >= 0.6 is 23.2 Å². The molecule has 22 heavy (non-hydrogen) atoms. The first kappa shape index (κ1) is 17.0. The van der Waals surface area contributed by atoms with Crippen LogP contribution in [-0.2, 0) is 4.74 Å². The number of morpholine rings is 1. The first-order valence-electron chi connectivity index (χ1n) is 7.16. The zero-order chi connectivity index (χ0) is 16.3. The van der Waals surface area contributed by atoms with Gasteiger partial charge in [-0.25, -0.2) is 0 Å². The van der Waals surface area contributed by atoms with Crippen LogP contribution in [0.1, 0.15) is 19.4 Å². The molecular weight excluding hydrogens is 321 g/mol. The van der Waals surface area contributed by atoms with Crippen LogP contribution in [0.4, 0.5) is 0 Å². The Balaban J connectivity index is 2.16. The number of rotatable bonds is 3. The molecule has 1 saturated heterocycles. The van der Waals surface area contributed by atoms with Gasteiger partial charge in [-0.1, -0.05) is 35.3 Å². The molecule has 4 N–H and O–H groups in total. The van der Waals surface area contributed by atoms with Gasteiger partial charge in [-0.15, -0.1) is 0 Å². The molecule has 0 amide bonds. The Morgan fingerprint density at radius 1 is 1.18 bits per heavy atom. The third-order valence-corrected chi connectivity index (χ3v) is 4.30. The van der Waals surface area contributed by atoms with E-state index in [1.54, 1.807) is 18.2 Å². The Hall–Kier alpha value is -1.36. The summed E-state index contributed by atoms with van der Waals surface area (Å²) in [7, 11) is 0. The van der Waals surface area contributed by atoms with Gasteiger partial charge in [-0.2, -0.15) is 0 Å². The van der Waals surface area contributed by atoms with Gasteiger partial charge in [0.15, 0.2) is 0 Å². The Bertz CT molecular complexity index is 591. The highest BCUT2D eigenvalue weighted by Gasteiger charge is 2.22. The van der Waals surface area contributed by atoms with Crippen molar-refractivity contribution < 1.29 is 4.74 Å². The van der Waals surface area contributed by atoms with Gasteiger partial charge in [0.2, 0.25) is 0 Å². The average Bonchev–Trinajstić information content (AvgIpc) is 2.46. The van der Waals surface area contributed by atoms with Crippen molar-refractivity contribution in [3.8, 4) is 0 Å². The summed E-state index contributed by atoms with van der Waals surface area (Å²) in [6, 6.07) is 5.35. The molecule has 1 fully saturated rings. The molecule has 0 bridgehead atoms. The van der Waals surface area contributed by atoms with Crippen LogP contribution in [0.2, 0.25) is 10.0 Å². The minimum absolute atomic E-state index is 0.152.